The zero-order valence-corrected chi connectivity index (χ0v) is 20.8. The van der Waals surface area contributed by atoms with Crippen LogP contribution in [-0.2, 0) is 0 Å². The molecule has 0 atom stereocenters. The number of hydrogen-bond acceptors (Lipinski definition) is 6. The first-order chi connectivity index (χ1) is 17.3. The molecule has 0 unspecified atom stereocenters. The van der Waals surface area contributed by atoms with Crippen molar-refractivity contribution in [3.63, 3.8) is 0 Å². The maximum absolute atomic E-state index is 13.0. The number of aromatic nitrogens is 2. The molecule has 0 radical (unpaired) electrons. The Morgan fingerprint density at radius 2 is 1.36 bits per heavy atom. The first-order valence-corrected chi connectivity index (χ1v) is 12.2. The quantitative estimate of drug-likeness (QED) is 0.343. The Labute approximate surface area is 215 Å². The van der Waals surface area contributed by atoms with Gasteiger partial charge in [0, 0.05) is 18.0 Å². The van der Waals surface area contributed by atoms with Crippen molar-refractivity contribution < 1.29 is 33.7 Å². The fourth-order valence-corrected chi connectivity index (χ4v) is 3.60. The minimum Gasteiger partial charge on any atom is -0.478 e. The third-order valence-corrected chi connectivity index (χ3v) is 6.18. The Bertz CT molecular complexity index is 1250. The molecular formula is C26H24BrFN2O6. The third kappa shape index (κ3) is 7.24. The molecular weight excluding hydrogens is 535 g/mol. The van der Waals surface area contributed by atoms with Gasteiger partial charge >= 0.3 is 11.9 Å². The lowest BCUT2D eigenvalue weighted by atomic mass is 10.1. The second-order valence-electron chi connectivity index (χ2n) is 8.71. The normalized spacial score (nSPS) is 14.4. The van der Waals surface area contributed by atoms with Gasteiger partial charge in [-0.25, -0.2) is 23.9 Å². The van der Waals surface area contributed by atoms with Crippen molar-refractivity contribution >= 4 is 27.9 Å². The van der Waals surface area contributed by atoms with Crippen LogP contribution in [0.5, 0.6) is 11.8 Å². The topological polar surface area (TPSA) is 119 Å². The summed E-state index contributed by atoms with van der Waals surface area (Å²) < 4.78 is 24.7. The molecule has 2 aromatic heterocycles. The minimum absolute atomic E-state index is 0.0769. The van der Waals surface area contributed by atoms with Crippen LogP contribution in [0.4, 0.5) is 4.39 Å². The van der Waals surface area contributed by atoms with Crippen LogP contribution in [0.3, 0.4) is 0 Å². The van der Waals surface area contributed by atoms with Crippen molar-refractivity contribution in [3.8, 4) is 22.9 Å². The van der Waals surface area contributed by atoms with Crippen molar-refractivity contribution in [3.05, 3.63) is 70.2 Å². The number of rotatable bonds is 9. The number of aromatic carboxylic acids is 2. The summed E-state index contributed by atoms with van der Waals surface area (Å²) in [5, 5.41) is 17.8. The number of ether oxygens (including phenoxy) is 2. The van der Waals surface area contributed by atoms with Crippen molar-refractivity contribution in [2.45, 2.75) is 25.7 Å². The lowest BCUT2D eigenvalue weighted by molar-refractivity contribution is 0.0685. The molecule has 0 bridgehead atoms. The highest BCUT2D eigenvalue weighted by Gasteiger charge is 2.24. The summed E-state index contributed by atoms with van der Waals surface area (Å²) in [4.78, 5) is 29.8. The Balaban J connectivity index is 0.000000179. The van der Waals surface area contributed by atoms with Gasteiger partial charge in [0.25, 0.3) is 0 Å². The van der Waals surface area contributed by atoms with Crippen molar-refractivity contribution in [1.82, 2.24) is 9.97 Å². The van der Waals surface area contributed by atoms with Gasteiger partial charge in [-0.15, -0.1) is 0 Å². The van der Waals surface area contributed by atoms with E-state index in [1.54, 1.807) is 12.1 Å². The van der Waals surface area contributed by atoms with Gasteiger partial charge in [0.05, 0.1) is 28.8 Å². The Morgan fingerprint density at radius 1 is 0.861 bits per heavy atom. The van der Waals surface area contributed by atoms with Crippen LogP contribution in [-0.4, -0.2) is 45.3 Å². The van der Waals surface area contributed by atoms with Gasteiger partial charge in [0.15, 0.2) is 0 Å². The lowest BCUT2D eigenvalue weighted by Crippen LogP contribution is -2.05. The zero-order valence-electron chi connectivity index (χ0n) is 19.2. The van der Waals surface area contributed by atoms with Gasteiger partial charge in [-0.3, -0.25) is 0 Å². The molecule has 0 spiro atoms. The van der Waals surface area contributed by atoms with Crippen LogP contribution in [0.1, 0.15) is 46.4 Å². The molecule has 0 amide bonds. The van der Waals surface area contributed by atoms with Gasteiger partial charge in [-0.05, 0) is 83.3 Å². The second kappa shape index (κ2) is 11.5. The van der Waals surface area contributed by atoms with Crippen LogP contribution >= 0.6 is 15.9 Å². The monoisotopic (exact) mass is 558 g/mol. The molecule has 0 saturated heterocycles. The summed E-state index contributed by atoms with van der Waals surface area (Å²) in [5.74, 6) is -0.326. The number of pyridine rings is 2. The molecule has 0 aliphatic heterocycles. The van der Waals surface area contributed by atoms with Gasteiger partial charge < -0.3 is 19.7 Å². The molecule has 2 aliphatic carbocycles. The van der Waals surface area contributed by atoms with E-state index in [-0.39, 0.29) is 16.9 Å². The molecule has 2 saturated carbocycles. The molecule has 36 heavy (non-hydrogen) atoms. The Hall–Kier alpha value is -3.53. The highest BCUT2D eigenvalue weighted by atomic mass is 79.9. The number of carboxylic acid groups (broad SMARTS) is 2. The van der Waals surface area contributed by atoms with Crippen LogP contribution in [0.2, 0.25) is 0 Å². The highest BCUT2D eigenvalue weighted by Crippen LogP contribution is 2.33. The smallest absolute Gasteiger partial charge is 0.337 e. The zero-order chi connectivity index (χ0) is 25.7. The number of carbonyl (C=O) groups is 2. The summed E-state index contributed by atoms with van der Waals surface area (Å²) in [6, 6.07) is 8.83. The molecule has 8 nitrogen and oxygen atoms in total. The average molecular weight is 559 g/mol. The number of halogens is 2. The SMILES string of the molecule is O=C(O)c1cnc(OCC2CC2)c(-c2ccc(F)cc2)c1.O=C(O)c1cnc(OCC2CC2)c(Br)c1. The number of carboxylic acids is 2. The maximum Gasteiger partial charge on any atom is 0.337 e. The van der Waals surface area contributed by atoms with Crippen molar-refractivity contribution in [2.75, 3.05) is 13.2 Å². The number of benzene rings is 1. The van der Waals surface area contributed by atoms with Crippen molar-refractivity contribution in [2.24, 2.45) is 11.8 Å². The summed E-state index contributed by atoms with van der Waals surface area (Å²) >= 11 is 3.24. The summed E-state index contributed by atoms with van der Waals surface area (Å²) in [7, 11) is 0. The van der Waals surface area contributed by atoms with Crippen LogP contribution in [0.15, 0.2) is 53.3 Å². The maximum atomic E-state index is 13.0. The van der Waals surface area contributed by atoms with Crippen LogP contribution < -0.4 is 9.47 Å². The molecule has 2 fully saturated rings. The van der Waals surface area contributed by atoms with E-state index < -0.39 is 11.9 Å². The fourth-order valence-electron chi connectivity index (χ4n) is 3.13. The molecule has 2 heterocycles. The minimum atomic E-state index is -1.06. The Kier molecular flexibility index (Phi) is 8.14. The highest BCUT2D eigenvalue weighted by molar-refractivity contribution is 9.10. The molecule has 10 heteroatoms. The van der Waals surface area contributed by atoms with E-state index in [4.69, 9.17) is 19.7 Å². The van der Waals surface area contributed by atoms with Gasteiger partial charge in [0.2, 0.25) is 11.8 Å². The lowest BCUT2D eigenvalue weighted by Gasteiger charge is -2.11. The van der Waals surface area contributed by atoms with E-state index in [1.807, 2.05) is 0 Å². The van der Waals surface area contributed by atoms with Crippen LogP contribution in [0, 0.1) is 17.7 Å². The summed E-state index contributed by atoms with van der Waals surface area (Å²) in [6.07, 6.45) is 7.31. The van der Waals surface area contributed by atoms with E-state index in [0.29, 0.717) is 52.4 Å². The predicted octanol–water partition coefficient (Wildman–Crippen LogP) is 5.71. The van der Waals surface area contributed by atoms with Gasteiger partial charge in [-0.2, -0.15) is 0 Å². The molecule has 1 aromatic carbocycles. The summed E-state index contributed by atoms with van der Waals surface area (Å²) in [6.45, 7) is 1.24. The molecule has 2 aliphatic rings. The van der Waals surface area contributed by atoms with E-state index in [2.05, 4.69) is 25.9 Å². The van der Waals surface area contributed by atoms with E-state index in [9.17, 15) is 14.0 Å². The average Bonchev–Trinajstić information content (AvgIpc) is 3.78. The van der Waals surface area contributed by atoms with E-state index in [1.165, 1.54) is 49.5 Å². The largest absolute Gasteiger partial charge is 0.478 e. The van der Waals surface area contributed by atoms with E-state index in [0.717, 1.165) is 12.8 Å². The number of hydrogen-bond donors (Lipinski definition) is 2. The first kappa shape index (κ1) is 25.6. The molecule has 188 valence electrons. The van der Waals surface area contributed by atoms with Crippen molar-refractivity contribution in [1.29, 1.82) is 0 Å². The molecule has 5 rings (SSSR count). The standard InChI is InChI=1S/C16H14FNO3.C10H10BrNO3/c17-13-5-3-11(4-6-13)14-7-12(16(19)20)8-18-15(14)21-9-10-1-2-10;11-8-3-7(10(13)14)4-12-9(8)15-5-6-1-2-6/h3-8,10H,1-2,9H2,(H,19,20);3-4,6H,1-2,5H2,(H,13,14). The first-order valence-electron chi connectivity index (χ1n) is 11.4. The van der Waals surface area contributed by atoms with Gasteiger partial charge in [-0.1, -0.05) is 12.1 Å². The van der Waals surface area contributed by atoms with Gasteiger partial charge in [0.1, 0.15) is 5.82 Å². The van der Waals surface area contributed by atoms with E-state index >= 15 is 0 Å². The predicted molar refractivity (Wildman–Crippen MR) is 132 cm³/mol. The fraction of sp³-hybridized carbons (Fsp3) is 0.308. The third-order valence-electron chi connectivity index (χ3n) is 5.61. The molecule has 3 aromatic rings. The summed E-state index contributed by atoms with van der Waals surface area (Å²) in [5.41, 5.74) is 1.47. The molecule has 2 N–H and O–H groups in total. The number of nitrogens with zero attached hydrogens (tertiary/aromatic N) is 2. The van der Waals surface area contributed by atoms with Crippen LogP contribution in [0.25, 0.3) is 11.1 Å². The second-order valence-corrected chi connectivity index (χ2v) is 9.57. The Morgan fingerprint density at radius 3 is 1.86 bits per heavy atom.